The molecule has 188 valence electrons. The van der Waals surface area contributed by atoms with Crippen LogP contribution in [0.3, 0.4) is 0 Å². The molecule has 1 amide bonds. The number of hydrogen-bond acceptors (Lipinski definition) is 8. The van der Waals surface area contributed by atoms with Gasteiger partial charge in [0.25, 0.3) is 0 Å². The van der Waals surface area contributed by atoms with E-state index in [1.54, 1.807) is 4.90 Å². The number of hydrazine groups is 1. The number of allylic oxidation sites excluding steroid dienone is 1. The second kappa shape index (κ2) is 10.2. The molecule has 3 heterocycles. The fourth-order valence-corrected chi connectivity index (χ4v) is 5.22. The molecule has 9 heteroatoms. The van der Waals surface area contributed by atoms with Crippen LogP contribution in [0.4, 0.5) is 0 Å². The molecule has 36 heavy (non-hydrogen) atoms. The third-order valence-corrected chi connectivity index (χ3v) is 7.34. The van der Waals surface area contributed by atoms with E-state index in [4.69, 9.17) is 5.11 Å². The zero-order valence-electron chi connectivity index (χ0n) is 20.3. The van der Waals surface area contributed by atoms with Crippen LogP contribution in [0, 0.1) is 22.7 Å². The Balaban J connectivity index is 1.16. The number of β-amino-alcohol motifs (C(OH)–C–C–N with tert-alkyl or cyclic N) is 1. The van der Waals surface area contributed by atoms with Crippen LogP contribution in [0.2, 0.25) is 0 Å². The van der Waals surface area contributed by atoms with Crippen LogP contribution in [-0.2, 0) is 16.0 Å². The summed E-state index contributed by atoms with van der Waals surface area (Å²) in [4.78, 5) is 27.6. The molecule has 1 aromatic carbocycles. The Kier molecular flexibility index (Phi) is 6.81. The molecular weight excluding hydrogens is 456 g/mol. The third-order valence-electron chi connectivity index (χ3n) is 7.34. The predicted octanol–water partition coefficient (Wildman–Crippen LogP) is 1.02. The molecular formula is C27H32N6O3. The Bertz CT molecular complexity index is 1180. The van der Waals surface area contributed by atoms with Crippen LogP contribution in [-0.4, -0.2) is 66.0 Å². The van der Waals surface area contributed by atoms with Crippen LogP contribution >= 0.6 is 0 Å². The summed E-state index contributed by atoms with van der Waals surface area (Å²) in [6, 6.07) is 10.3. The maximum atomic E-state index is 13.1. The molecule has 1 unspecified atom stereocenters. The van der Waals surface area contributed by atoms with E-state index in [0.29, 0.717) is 44.8 Å². The van der Waals surface area contributed by atoms with Gasteiger partial charge in [-0.2, -0.15) is 5.26 Å². The standard InChI is InChI=1S/C27H32N6O3/c28-18-27(22-4-5-22)7-9-33(26(27)36)23-6-8-29-25(14-23)30-16-24(35)13-19-2-1-3-20(12-19)21-15-31-32(17-21)10-11-34/h1-3,6,12,14,17,22,29-31,34H,4-5,7-11,13,15-16H2. The number of rotatable bonds is 10. The molecule has 1 aromatic rings. The molecule has 0 spiro atoms. The van der Waals surface area contributed by atoms with E-state index in [0.717, 1.165) is 35.2 Å². The van der Waals surface area contributed by atoms with E-state index in [-0.39, 0.29) is 30.8 Å². The summed E-state index contributed by atoms with van der Waals surface area (Å²) in [6.07, 6.45) is 8.60. The van der Waals surface area contributed by atoms with E-state index in [2.05, 4.69) is 22.1 Å². The Hall–Kier alpha value is -3.61. The Labute approximate surface area is 211 Å². The van der Waals surface area contributed by atoms with Crippen LogP contribution < -0.4 is 16.1 Å². The lowest BCUT2D eigenvalue weighted by Crippen LogP contribution is -2.38. The average molecular weight is 489 g/mol. The minimum Gasteiger partial charge on any atom is -0.394 e. The average Bonchev–Trinajstić information content (AvgIpc) is 3.55. The van der Waals surface area contributed by atoms with Crippen molar-refractivity contribution in [2.45, 2.75) is 25.7 Å². The molecule has 1 saturated heterocycles. The van der Waals surface area contributed by atoms with Crippen molar-refractivity contribution in [2.75, 3.05) is 39.3 Å². The first-order valence-electron chi connectivity index (χ1n) is 12.6. The van der Waals surface area contributed by atoms with E-state index < -0.39 is 5.41 Å². The van der Waals surface area contributed by atoms with E-state index in [1.807, 2.05) is 47.6 Å². The fraction of sp³-hybridized carbons (Fsp3) is 0.444. The number of amides is 1. The molecule has 5 rings (SSSR count). The molecule has 4 N–H and O–H groups in total. The lowest BCUT2D eigenvalue weighted by Gasteiger charge is -2.25. The van der Waals surface area contributed by atoms with Crippen molar-refractivity contribution < 1.29 is 14.7 Å². The predicted molar refractivity (Wildman–Crippen MR) is 134 cm³/mol. The van der Waals surface area contributed by atoms with Gasteiger partial charge in [-0.1, -0.05) is 24.3 Å². The summed E-state index contributed by atoms with van der Waals surface area (Å²) in [5, 5.41) is 27.1. The summed E-state index contributed by atoms with van der Waals surface area (Å²) in [6.45, 7) is 2.56. The van der Waals surface area contributed by atoms with Gasteiger partial charge in [0, 0.05) is 44.0 Å². The molecule has 0 bridgehead atoms. The van der Waals surface area contributed by atoms with Crippen molar-refractivity contribution >= 4 is 17.3 Å². The number of likely N-dealkylation sites (tertiary alicyclic amines) is 1. The number of aliphatic hydroxyl groups excluding tert-OH is 1. The van der Waals surface area contributed by atoms with Crippen molar-refractivity contribution in [3.63, 3.8) is 0 Å². The number of Topliss-reactive ketones (excluding diaryl/α,β-unsaturated/α-hetero) is 1. The molecule has 0 radical (unpaired) electrons. The van der Waals surface area contributed by atoms with Gasteiger partial charge in [0.05, 0.1) is 25.8 Å². The van der Waals surface area contributed by atoms with E-state index in [1.165, 1.54) is 0 Å². The van der Waals surface area contributed by atoms with Crippen LogP contribution in [0.1, 0.15) is 30.4 Å². The molecule has 2 fully saturated rings. The van der Waals surface area contributed by atoms with Crippen molar-refractivity contribution in [1.82, 2.24) is 26.0 Å². The number of benzene rings is 1. The molecule has 1 aliphatic carbocycles. The fourth-order valence-electron chi connectivity index (χ4n) is 5.22. The summed E-state index contributed by atoms with van der Waals surface area (Å²) in [5.74, 6) is 0.871. The molecule has 1 saturated carbocycles. The van der Waals surface area contributed by atoms with Crippen molar-refractivity contribution in [1.29, 1.82) is 5.26 Å². The van der Waals surface area contributed by atoms with Gasteiger partial charge in [0.1, 0.15) is 11.2 Å². The minimum absolute atomic E-state index is 0.0564. The number of carbonyl (C=O) groups excluding carboxylic acids is 2. The van der Waals surface area contributed by atoms with Gasteiger partial charge < -0.3 is 25.6 Å². The van der Waals surface area contributed by atoms with Crippen LogP contribution in [0.15, 0.2) is 54.1 Å². The van der Waals surface area contributed by atoms with Crippen molar-refractivity contribution in [3.05, 3.63) is 65.3 Å². The normalized spacial score (nSPS) is 23.6. The smallest absolute Gasteiger partial charge is 0.247 e. The first-order chi connectivity index (χ1) is 17.5. The van der Waals surface area contributed by atoms with Gasteiger partial charge in [0.15, 0.2) is 5.78 Å². The zero-order chi connectivity index (χ0) is 25.1. The second-order valence-electron chi connectivity index (χ2n) is 9.81. The SMILES string of the molecule is N#CC1(C2CC2)CCN(C2=CCNC(NCC(=O)Cc3cccc(C4=CN(CCO)NC4)c3)=C2)C1=O. The number of hydrogen-bond donors (Lipinski definition) is 4. The quantitative estimate of drug-likeness (QED) is 0.385. The van der Waals surface area contributed by atoms with Gasteiger partial charge in [-0.15, -0.1) is 0 Å². The molecule has 0 aromatic heterocycles. The number of ketones is 1. The maximum Gasteiger partial charge on any atom is 0.247 e. The Morgan fingerprint density at radius 1 is 1.33 bits per heavy atom. The molecule has 4 aliphatic rings. The van der Waals surface area contributed by atoms with Gasteiger partial charge in [-0.25, -0.2) is 5.43 Å². The van der Waals surface area contributed by atoms with Gasteiger partial charge in [-0.05, 0) is 48.0 Å². The summed E-state index contributed by atoms with van der Waals surface area (Å²) < 4.78 is 0. The summed E-state index contributed by atoms with van der Waals surface area (Å²) in [5.41, 5.74) is 6.26. The Morgan fingerprint density at radius 3 is 2.97 bits per heavy atom. The number of nitrogens with one attached hydrogen (secondary N) is 3. The Morgan fingerprint density at radius 2 is 2.19 bits per heavy atom. The lowest BCUT2D eigenvalue weighted by molar-refractivity contribution is -0.132. The second-order valence-corrected chi connectivity index (χ2v) is 9.81. The number of dihydropyridines is 1. The monoisotopic (exact) mass is 488 g/mol. The topological polar surface area (TPSA) is 121 Å². The number of nitrogens with zero attached hydrogens (tertiary/aromatic N) is 3. The first-order valence-corrected chi connectivity index (χ1v) is 12.6. The van der Waals surface area contributed by atoms with Gasteiger partial charge in [0.2, 0.25) is 5.91 Å². The largest absolute Gasteiger partial charge is 0.394 e. The summed E-state index contributed by atoms with van der Waals surface area (Å²) >= 11 is 0. The summed E-state index contributed by atoms with van der Waals surface area (Å²) in [7, 11) is 0. The van der Waals surface area contributed by atoms with Gasteiger partial charge >= 0.3 is 0 Å². The number of nitriles is 1. The molecule has 3 aliphatic heterocycles. The minimum atomic E-state index is -0.862. The highest BCUT2D eigenvalue weighted by molar-refractivity contribution is 5.90. The highest BCUT2D eigenvalue weighted by Gasteiger charge is 2.56. The third kappa shape index (κ3) is 4.87. The number of carbonyl (C=O) groups is 2. The molecule has 1 atom stereocenters. The van der Waals surface area contributed by atoms with Crippen LogP contribution in [0.5, 0.6) is 0 Å². The van der Waals surface area contributed by atoms with Crippen molar-refractivity contribution in [3.8, 4) is 6.07 Å². The number of aliphatic hydroxyl groups is 1. The van der Waals surface area contributed by atoms with Crippen molar-refractivity contribution in [2.24, 2.45) is 11.3 Å². The van der Waals surface area contributed by atoms with Crippen LogP contribution in [0.25, 0.3) is 5.57 Å². The highest BCUT2D eigenvalue weighted by atomic mass is 16.3. The first kappa shape index (κ1) is 24.1. The zero-order valence-corrected chi connectivity index (χ0v) is 20.3. The van der Waals surface area contributed by atoms with E-state index in [9.17, 15) is 14.9 Å². The maximum absolute atomic E-state index is 13.1. The highest BCUT2D eigenvalue weighted by Crippen LogP contribution is 2.51. The van der Waals surface area contributed by atoms with Gasteiger partial charge in [-0.3, -0.25) is 9.59 Å². The molecule has 9 nitrogen and oxygen atoms in total. The van der Waals surface area contributed by atoms with E-state index >= 15 is 0 Å². The lowest BCUT2D eigenvalue weighted by atomic mass is 9.83.